The topological polar surface area (TPSA) is 4.93 Å². The first-order valence-corrected chi connectivity index (χ1v) is 8.92. The minimum absolute atomic E-state index is 0.375. The van der Waals surface area contributed by atoms with Crippen molar-refractivity contribution in [1.82, 2.24) is 4.57 Å². The molecule has 0 bridgehead atoms. The third kappa shape index (κ3) is 2.14. The molecule has 0 unspecified atom stereocenters. The molecule has 0 fully saturated rings. The summed E-state index contributed by atoms with van der Waals surface area (Å²) in [5, 5.41) is 3.28. The van der Waals surface area contributed by atoms with Crippen LogP contribution in [-0.4, -0.2) is 14.1 Å². The van der Waals surface area contributed by atoms with Crippen LogP contribution in [0.1, 0.15) is 54.4 Å². The highest BCUT2D eigenvalue weighted by atomic mass is 32.3. The van der Waals surface area contributed by atoms with Crippen molar-refractivity contribution < 1.29 is 3.89 Å². The van der Waals surface area contributed by atoms with Gasteiger partial charge in [0.15, 0.2) is 0 Å². The Morgan fingerprint density at radius 1 is 1.00 bits per heavy atom. The smallest absolute Gasteiger partial charge is 0.0864 e. The van der Waals surface area contributed by atoms with E-state index in [0.29, 0.717) is 0 Å². The van der Waals surface area contributed by atoms with Gasteiger partial charge in [-0.05, 0) is 76.1 Å². The van der Waals surface area contributed by atoms with E-state index in [1.807, 2.05) is 48.6 Å². The average Bonchev–Trinajstić information content (AvgIpc) is 2.64. The number of rotatable bonds is 1. The molecule has 0 aromatic carbocycles. The van der Waals surface area contributed by atoms with Crippen molar-refractivity contribution in [3.05, 3.63) is 16.6 Å². The fourth-order valence-corrected chi connectivity index (χ4v) is 7.17. The normalized spacial score (nSPS) is 17.2. The number of hydrogen-bond acceptors (Lipinski definition) is 0. The Hall–Kier alpha value is -0.700. The summed E-state index contributed by atoms with van der Waals surface area (Å²) in [6, 6.07) is 2.09. The second kappa shape index (κ2) is 4.66. The lowest BCUT2D eigenvalue weighted by atomic mass is 10.2. The van der Waals surface area contributed by atoms with Crippen molar-refractivity contribution in [2.75, 3.05) is 0 Å². The summed E-state index contributed by atoms with van der Waals surface area (Å²) in [7, 11) is -0.435. The summed E-state index contributed by atoms with van der Waals surface area (Å²) in [5.41, 5.74) is 0. The SMILES string of the molecule is Cn1c(S(F)(C(C)(C)C)C(C)(C)C)cc2c1=CCCC=2. The third-order valence-electron chi connectivity index (χ3n) is 4.11. The van der Waals surface area contributed by atoms with Crippen LogP contribution in [0.3, 0.4) is 0 Å². The first kappa shape index (κ1) is 15.7. The lowest BCUT2D eigenvalue weighted by Gasteiger charge is -2.51. The number of nitrogens with zero attached hydrogens (tertiary/aromatic N) is 1. The molecular formula is C17H28FNS. The van der Waals surface area contributed by atoms with Crippen LogP contribution in [-0.2, 0) is 7.05 Å². The molecule has 1 aromatic rings. The van der Waals surface area contributed by atoms with Crippen LogP contribution in [0.4, 0.5) is 3.89 Å². The van der Waals surface area contributed by atoms with E-state index in [4.69, 9.17) is 0 Å². The molecule has 0 atom stereocenters. The van der Waals surface area contributed by atoms with Crippen LogP contribution in [0, 0.1) is 0 Å². The van der Waals surface area contributed by atoms with Crippen molar-refractivity contribution in [3.63, 3.8) is 0 Å². The highest BCUT2D eigenvalue weighted by molar-refractivity contribution is 8.31. The van der Waals surface area contributed by atoms with E-state index >= 15 is 3.89 Å². The number of aromatic nitrogens is 1. The van der Waals surface area contributed by atoms with E-state index in [1.54, 1.807) is 0 Å². The van der Waals surface area contributed by atoms with Crippen molar-refractivity contribution in [1.29, 1.82) is 0 Å². The summed E-state index contributed by atoms with van der Waals surface area (Å²) in [6.07, 6.45) is 6.61. The Kier molecular flexibility index (Phi) is 3.65. The molecule has 0 aliphatic heterocycles. The maximum atomic E-state index is 16.3. The van der Waals surface area contributed by atoms with Gasteiger partial charge in [-0.1, -0.05) is 12.2 Å². The first-order chi connectivity index (χ1) is 9.00. The van der Waals surface area contributed by atoms with Crippen LogP contribution in [0.5, 0.6) is 0 Å². The van der Waals surface area contributed by atoms with Gasteiger partial charge in [-0.2, -0.15) is 3.89 Å². The van der Waals surface area contributed by atoms with Gasteiger partial charge in [-0.25, -0.2) is 0 Å². The number of halogens is 1. The molecule has 1 aliphatic rings. The largest absolute Gasteiger partial charge is 0.338 e. The van der Waals surface area contributed by atoms with Gasteiger partial charge < -0.3 is 4.57 Å². The molecule has 1 heterocycles. The molecule has 0 N–H and O–H groups in total. The fourth-order valence-electron chi connectivity index (χ4n) is 3.31. The average molecular weight is 297 g/mol. The highest BCUT2D eigenvalue weighted by Crippen LogP contribution is 2.73. The van der Waals surface area contributed by atoms with Crippen molar-refractivity contribution in [2.45, 2.75) is 68.9 Å². The zero-order valence-corrected chi connectivity index (χ0v) is 14.7. The second-order valence-corrected chi connectivity index (χ2v) is 11.6. The van der Waals surface area contributed by atoms with Gasteiger partial charge in [0.25, 0.3) is 0 Å². The Bertz CT molecular complexity index is 612. The molecule has 1 aliphatic carbocycles. The Morgan fingerprint density at radius 2 is 1.50 bits per heavy atom. The van der Waals surface area contributed by atoms with E-state index in [0.717, 1.165) is 17.9 Å². The number of fused-ring (bicyclic) bond motifs is 1. The van der Waals surface area contributed by atoms with Crippen molar-refractivity contribution in [2.24, 2.45) is 7.05 Å². The molecule has 0 radical (unpaired) electrons. The Labute approximate surface area is 124 Å². The molecule has 114 valence electrons. The molecule has 1 aromatic heterocycles. The molecule has 0 saturated carbocycles. The van der Waals surface area contributed by atoms with Gasteiger partial charge in [0.2, 0.25) is 0 Å². The minimum Gasteiger partial charge on any atom is -0.338 e. The summed E-state index contributed by atoms with van der Waals surface area (Å²) in [6.45, 7) is 12.2. The van der Waals surface area contributed by atoms with E-state index in [9.17, 15) is 0 Å². The van der Waals surface area contributed by atoms with Gasteiger partial charge in [-0.3, -0.25) is 0 Å². The Morgan fingerprint density at radius 3 is 1.95 bits per heavy atom. The van der Waals surface area contributed by atoms with E-state index in [-0.39, 0.29) is 9.49 Å². The highest BCUT2D eigenvalue weighted by Gasteiger charge is 2.49. The van der Waals surface area contributed by atoms with E-state index in [1.165, 1.54) is 10.6 Å². The van der Waals surface area contributed by atoms with Crippen LogP contribution < -0.4 is 10.6 Å². The van der Waals surface area contributed by atoms with E-state index in [2.05, 4.69) is 22.8 Å². The van der Waals surface area contributed by atoms with Gasteiger partial charge in [0, 0.05) is 21.9 Å². The maximum Gasteiger partial charge on any atom is 0.0864 e. The first-order valence-electron chi connectivity index (χ1n) is 7.38. The van der Waals surface area contributed by atoms with Gasteiger partial charge >= 0.3 is 0 Å². The molecule has 2 rings (SSSR count). The molecule has 0 saturated heterocycles. The zero-order valence-electron chi connectivity index (χ0n) is 13.9. The molecular weight excluding hydrogens is 269 g/mol. The lowest BCUT2D eigenvalue weighted by molar-refractivity contribution is 0.619. The molecule has 0 spiro atoms. The predicted octanol–water partition coefficient (Wildman–Crippen LogP) is 4.02. The predicted molar refractivity (Wildman–Crippen MR) is 89.3 cm³/mol. The quantitative estimate of drug-likeness (QED) is 0.737. The minimum atomic E-state index is -2.45. The standard InChI is InChI=1S/C17H28FNS/c1-16(2,3)20(18,17(4,5)6)15-12-13-10-8-9-11-14(13)19(15)7/h10-12H,8-9H2,1-7H3. The number of hydrogen-bond donors (Lipinski definition) is 0. The summed E-state index contributed by atoms with van der Waals surface area (Å²) < 4.78 is 17.7. The van der Waals surface area contributed by atoms with Crippen LogP contribution >= 0.6 is 10.4 Å². The summed E-state index contributed by atoms with van der Waals surface area (Å²) >= 11 is 0. The maximum absolute atomic E-state index is 16.3. The van der Waals surface area contributed by atoms with Crippen LogP contribution in [0.15, 0.2) is 11.1 Å². The van der Waals surface area contributed by atoms with Crippen molar-refractivity contribution >= 4 is 22.6 Å². The third-order valence-corrected chi connectivity index (χ3v) is 8.45. The fraction of sp³-hybridized carbons (Fsp3) is 0.647. The van der Waals surface area contributed by atoms with E-state index < -0.39 is 10.4 Å². The Balaban J connectivity index is 2.80. The zero-order chi connectivity index (χ0) is 15.3. The molecule has 1 nitrogen and oxygen atoms in total. The summed E-state index contributed by atoms with van der Waals surface area (Å²) in [5.74, 6) is 0. The van der Waals surface area contributed by atoms with Crippen LogP contribution in [0.25, 0.3) is 12.2 Å². The van der Waals surface area contributed by atoms with Crippen LogP contribution in [0.2, 0.25) is 0 Å². The van der Waals surface area contributed by atoms with Gasteiger partial charge in [0.05, 0.1) is 5.03 Å². The van der Waals surface area contributed by atoms with Gasteiger partial charge in [-0.15, -0.1) is 0 Å². The molecule has 3 heteroatoms. The monoisotopic (exact) mass is 297 g/mol. The second-order valence-electron chi connectivity index (χ2n) is 7.63. The lowest BCUT2D eigenvalue weighted by Crippen LogP contribution is -2.37. The van der Waals surface area contributed by atoms with Gasteiger partial charge in [0.1, 0.15) is 0 Å². The molecule has 0 amide bonds. The van der Waals surface area contributed by atoms with Crippen molar-refractivity contribution in [3.8, 4) is 0 Å². The summed E-state index contributed by atoms with van der Waals surface area (Å²) in [4.78, 5) is 0. The molecule has 20 heavy (non-hydrogen) atoms.